The van der Waals surface area contributed by atoms with Gasteiger partial charge in [-0.25, -0.2) is 0 Å². The molecule has 1 aromatic heterocycles. The van der Waals surface area contributed by atoms with Crippen LogP contribution in [0.1, 0.15) is 184 Å². The first-order valence-electron chi connectivity index (χ1n) is 33.7. The molecule has 0 saturated carbocycles. The average Bonchev–Trinajstić information content (AvgIpc) is 1.63. The van der Waals surface area contributed by atoms with Crippen molar-refractivity contribution in [1.82, 2.24) is 29.9 Å². The maximum Gasteiger partial charge on any atom is 0.259 e. The quantitative estimate of drug-likeness (QED) is 0.0220. The molecule has 1 fully saturated rings. The molecule has 5 amide bonds. The van der Waals surface area contributed by atoms with E-state index in [-0.39, 0.29) is 41.8 Å². The lowest BCUT2D eigenvalue weighted by molar-refractivity contribution is -0.131. The number of benzene rings is 4. The minimum atomic E-state index is -0.968. The second-order valence-electron chi connectivity index (χ2n) is 26.7. The topological polar surface area (TPSA) is 250 Å². The van der Waals surface area contributed by atoms with Gasteiger partial charge in [-0.1, -0.05) is 95.7 Å². The number of nitrogens with two attached hydrogens (primary N) is 2. The number of aryl methyl sites for hydroxylation is 5. The van der Waals surface area contributed by atoms with Crippen molar-refractivity contribution in [3.63, 3.8) is 0 Å². The molecule has 19 nitrogen and oxygen atoms in total. The number of aromatic nitrogens is 1. The first-order chi connectivity index (χ1) is 44.5. The van der Waals surface area contributed by atoms with Gasteiger partial charge in [0.2, 0.25) is 17.7 Å². The van der Waals surface area contributed by atoms with Crippen LogP contribution >= 0.6 is 0 Å². The van der Waals surface area contributed by atoms with Crippen LogP contribution in [0.5, 0.6) is 23.3 Å². The minimum Gasteiger partial charge on any atom is -0.496 e. The summed E-state index contributed by atoms with van der Waals surface area (Å²) in [5, 5.41) is 28.6. The van der Waals surface area contributed by atoms with Crippen molar-refractivity contribution in [1.29, 1.82) is 0 Å². The Morgan fingerprint density at radius 3 is 1.90 bits per heavy atom. The van der Waals surface area contributed by atoms with E-state index in [1.165, 1.54) is 16.3 Å². The second kappa shape index (κ2) is 30.7. The minimum absolute atomic E-state index is 0.00419. The number of nitrogens with zero attached hydrogens (tertiary/aromatic N) is 5. The smallest absolute Gasteiger partial charge is 0.259 e. The van der Waals surface area contributed by atoms with Gasteiger partial charge < -0.3 is 56.9 Å². The summed E-state index contributed by atoms with van der Waals surface area (Å²) in [5.74, 6) is -0.239. The SMILES string of the molecule is CCC1(N)CC(c2ccc(NC(=O)C(C)NC(=O)C(NC(=O)CCCCCn3c(O)cc(C)c3O)C(C)C)cc2)=CN1C(=O)c1cc(OC)c(CCCCCCCCCc2cc3c(cc2OC)C(=O)N2C=C(c4ccc(N5CCN(C)CC5)cc4)CC2(N)CC3)cc1C. The number of ether oxygens (including phenoxy) is 2. The lowest BCUT2D eigenvalue weighted by Gasteiger charge is -2.34. The molecule has 0 radical (unpaired) electrons. The molecule has 4 aliphatic rings. The molecule has 4 atom stereocenters. The Labute approximate surface area is 549 Å². The highest BCUT2D eigenvalue weighted by Gasteiger charge is 2.45. The summed E-state index contributed by atoms with van der Waals surface area (Å²) in [4.78, 5) is 76.7. The van der Waals surface area contributed by atoms with Crippen molar-refractivity contribution in [2.24, 2.45) is 17.4 Å². The maximum atomic E-state index is 14.5. The Hall–Kier alpha value is -8.13. The largest absolute Gasteiger partial charge is 0.496 e. The Balaban J connectivity index is 0.701. The van der Waals surface area contributed by atoms with E-state index < -0.39 is 35.2 Å². The molecule has 5 heterocycles. The second-order valence-corrected chi connectivity index (χ2v) is 26.7. The number of aromatic hydroxyl groups is 2. The van der Waals surface area contributed by atoms with E-state index in [1.54, 1.807) is 50.0 Å². The van der Waals surface area contributed by atoms with Gasteiger partial charge in [-0.2, -0.15) is 0 Å². The molecule has 4 aromatic carbocycles. The molecule has 0 bridgehead atoms. The summed E-state index contributed by atoms with van der Waals surface area (Å²) >= 11 is 0. The highest BCUT2D eigenvalue weighted by atomic mass is 16.5. The Morgan fingerprint density at radius 1 is 0.688 bits per heavy atom. The fourth-order valence-electron chi connectivity index (χ4n) is 13.6. The molecule has 9 rings (SSSR count). The number of carbonyl (C=O) groups excluding carboxylic acids is 5. The Morgan fingerprint density at radius 2 is 1.29 bits per heavy atom. The van der Waals surface area contributed by atoms with Crippen molar-refractivity contribution < 1.29 is 43.7 Å². The van der Waals surface area contributed by atoms with Crippen LogP contribution in [0, 0.1) is 19.8 Å². The number of carbonyl (C=O) groups is 5. The molecule has 0 spiro atoms. The van der Waals surface area contributed by atoms with Crippen LogP contribution in [0.3, 0.4) is 0 Å². The molecule has 1 saturated heterocycles. The third-order valence-electron chi connectivity index (χ3n) is 19.5. The van der Waals surface area contributed by atoms with E-state index in [4.69, 9.17) is 20.9 Å². The van der Waals surface area contributed by atoms with Crippen LogP contribution in [0.25, 0.3) is 11.1 Å². The summed E-state index contributed by atoms with van der Waals surface area (Å²) < 4.78 is 13.3. The first-order valence-corrected chi connectivity index (χ1v) is 33.7. The molecule has 93 heavy (non-hydrogen) atoms. The Bertz CT molecular complexity index is 3550. The number of fused-ring (bicyclic) bond motifs is 2. The first kappa shape index (κ1) is 69.2. The molecule has 0 aliphatic carbocycles. The van der Waals surface area contributed by atoms with Gasteiger partial charge in [-0.15, -0.1) is 0 Å². The number of anilines is 2. The van der Waals surface area contributed by atoms with Crippen molar-refractivity contribution in [2.75, 3.05) is 57.7 Å². The highest BCUT2D eigenvalue weighted by Crippen LogP contribution is 2.43. The molecule has 19 heteroatoms. The lowest BCUT2D eigenvalue weighted by atomic mass is 9.92. The summed E-state index contributed by atoms with van der Waals surface area (Å²) in [6.07, 6.45) is 18.2. The van der Waals surface area contributed by atoms with Crippen molar-refractivity contribution in [2.45, 2.75) is 187 Å². The standard InChI is InChI=1S/C74H100N10O9/c1-10-73(75)44-57(52-24-28-59(29-25-52)78-68(87)51(6)77-69(88)67(48(2)3)79-65(85)23-19-16-20-34-82-66(86)40-50(5)70(82)89)46-83(73)71(90)61-42-63(92-8)55(39-49(61)4)21-17-14-12-11-13-15-18-22-56-41-54-32-33-74(76)45-58(47-84(74)72(91)62(54)43-64(56)93-9)53-26-30-60(31-27-53)81-37-35-80(7)36-38-81/h24-31,39-43,46-48,51,67,86,89H,10-23,32-38,44-45,75-76H2,1-9H3,(H,77,88)(H,78,87)(H,79,85). The van der Waals surface area contributed by atoms with Gasteiger partial charge in [0.15, 0.2) is 11.8 Å². The zero-order chi connectivity index (χ0) is 66.7. The lowest BCUT2D eigenvalue weighted by Crippen LogP contribution is -2.53. The van der Waals surface area contributed by atoms with Gasteiger partial charge in [0.25, 0.3) is 11.8 Å². The normalized spacial score (nSPS) is 18.8. The van der Waals surface area contributed by atoms with Crippen LogP contribution in [0.4, 0.5) is 11.4 Å². The zero-order valence-electron chi connectivity index (χ0n) is 56.3. The van der Waals surface area contributed by atoms with Gasteiger partial charge in [0, 0.05) is 98.5 Å². The summed E-state index contributed by atoms with van der Waals surface area (Å²) in [6.45, 7) is 15.4. The number of nitrogens with one attached hydrogen (secondary N) is 3. The summed E-state index contributed by atoms with van der Waals surface area (Å²) in [5.41, 5.74) is 24.0. The van der Waals surface area contributed by atoms with Gasteiger partial charge in [-0.05, 0) is 172 Å². The average molecular weight is 1270 g/mol. The fraction of sp³-hybridized carbons (Fsp3) is 0.500. The van der Waals surface area contributed by atoms with Gasteiger partial charge in [0.1, 0.15) is 29.2 Å². The van der Waals surface area contributed by atoms with E-state index in [9.17, 15) is 34.2 Å². The number of unbranched alkanes of at least 4 members (excludes halogenated alkanes) is 8. The zero-order valence-corrected chi connectivity index (χ0v) is 56.3. The van der Waals surface area contributed by atoms with Crippen LogP contribution in [-0.4, -0.2) is 130 Å². The Kier molecular flexibility index (Phi) is 22.9. The molecular weight excluding hydrogens is 1170 g/mol. The summed E-state index contributed by atoms with van der Waals surface area (Å²) in [7, 11) is 5.50. The molecular formula is C74H100N10O9. The number of piperazine rings is 1. The summed E-state index contributed by atoms with van der Waals surface area (Å²) in [6, 6.07) is 23.8. The number of amides is 5. The van der Waals surface area contributed by atoms with Crippen molar-refractivity contribution >= 4 is 52.1 Å². The molecule has 5 aromatic rings. The molecule has 500 valence electrons. The van der Waals surface area contributed by atoms with E-state index in [0.717, 1.165) is 141 Å². The highest BCUT2D eigenvalue weighted by molar-refractivity contribution is 6.01. The van der Waals surface area contributed by atoms with Crippen LogP contribution < -0.4 is 41.8 Å². The number of hydrogen-bond donors (Lipinski definition) is 7. The predicted octanol–water partition coefficient (Wildman–Crippen LogP) is 11.1. The van der Waals surface area contributed by atoms with Gasteiger partial charge in [-0.3, -0.25) is 38.3 Å². The molecule has 4 aliphatic heterocycles. The van der Waals surface area contributed by atoms with Crippen molar-refractivity contribution in [3.8, 4) is 23.3 Å². The number of methoxy groups -OCH3 is 2. The van der Waals surface area contributed by atoms with E-state index in [2.05, 4.69) is 69.2 Å². The monoisotopic (exact) mass is 1270 g/mol. The van der Waals surface area contributed by atoms with Crippen LogP contribution in [0.15, 0.2) is 91.3 Å². The van der Waals surface area contributed by atoms with Crippen molar-refractivity contribution in [3.05, 3.63) is 141 Å². The van der Waals surface area contributed by atoms with E-state index >= 15 is 0 Å². The van der Waals surface area contributed by atoms with Gasteiger partial charge >= 0.3 is 0 Å². The van der Waals surface area contributed by atoms with Crippen LogP contribution in [0.2, 0.25) is 0 Å². The molecule has 9 N–H and O–H groups in total. The van der Waals surface area contributed by atoms with E-state index in [1.807, 2.05) is 64.4 Å². The third kappa shape index (κ3) is 16.4. The fourth-order valence-corrected chi connectivity index (χ4v) is 13.6. The number of likely N-dealkylation sites (N-methyl/N-ethyl adjacent to an activating group) is 1. The predicted molar refractivity (Wildman–Crippen MR) is 367 cm³/mol. The third-order valence-corrected chi connectivity index (χ3v) is 19.5. The van der Waals surface area contributed by atoms with Crippen LogP contribution in [-0.2, 0) is 40.2 Å². The maximum absolute atomic E-state index is 14.5. The molecule has 4 unspecified atom stereocenters. The van der Waals surface area contributed by atoms with E-state index in [0.29, 0.717) is 79.6 Å². The number of rotatable bonds is 29. The van der Waals surface area contributed by atoms with Gasteiger partial charge in [0.05, 0.1) is 19.9 Å². The number of hydrogen-bond acceptors (Lipinski definition) is 13.